The highest BCUT2D eigenvalue weighted by Crippen LogP contribution is 2.20. The molecule has 1 N–H and O–H groups in total. The van der Waals surface area contributed by atoms with E-state index in [-0.39, 0.29) is 24.0 Å². The molecule has 0 atom stereocenters. The van der Waals surface area contributed by atoms with Gasteiger partial charge in [-0.25, -0.2) is 4.98 Å². The average molecular weight is 428 g/mol. The van der Waals surface area contributed by atoms with E-state index in [1.807, 2.05) is 30.4 Å². The molecule has 1 aromatic heterocycles. The van der Waals surface area contributed by atoms with Crippen molar-refractivity contribution in [3.8, 4) is 0 Å². The standard InChI is InChI=1S/C13H24N4S2.HI/c1-4-5-9-17(3)12(14-2)15-7-6-10-18-13-16-8-11-19-13;/h8,11H,4-7,9-10H2,1-3H3,(H,14,15);1H. The predicted molar refractivity (Wildman–Crippen MR) is 102 cm³/mol. The summed E-state index contributed by atoms with van der Waals surface area (Å²) in [6.07, 6.45) is 5.39. The van der Waals surface area contributed by atoms with Crippen molar-refractivity contribution in [1.29, 1.82) is 0 Å². The lowest BCUT2D eigenvalue weighted by Gasteiger charge is -2.21. The van der Waals surface area contributed by atoms with Crippen LogP contribution in [0.25, 0.3) is 0 Å². The van der Waals surface area contributed by atoms with Crippen LogP contribution < -0.4 is 5.32 Å². The van der Waals surface area contributed by atoms with Crippen molar-refractivity contribution in [1.82, 2.24) is 15.2 Å². The second kappa shape index (κ2) is 12.7. The number of thioether (sulfide) groups is 1. The molecule has 7 heteroatoms. The number of guanidine groups is 1. The summed E-state index contributed by atoms with van der Waals surface area (Å²) in [6, 6.07) is 0. The van der Waals surface area contributed by atoms with Crippen LogP contribution in [0, 0.1) is 0 Å². The molecular weight excluding hydrogens is 403 g/mol. The zero-order valence-electron chi connectivity index (χ0n) is 12.5. The van der Waals surface area contributed by atoms with E-state index in [1.54, 1.807) is 11.3 Å². The van der Waals surface area contributed by atoms with Crippen LogP contribution in [0.2, 0.25) is 0 Å². The second-order valence-corrected chi connectivity index (χ2v) is 6.49. The third-order valence-corrected chi connectivity index (χ3v) is 4.71. The second-order valence-electron chi connectivity index (χ2n) is 4.25. The summed E-state index contributed by atoms with van der Waals surface area (Å²) in [5.74, 6) is 2.09. The van der Waals surface area contributed by atoms with Gasteiger partial charge in [-0.05, 0) is 12.8 Å². The predicted octanol–water partition coefficient (Wildman–Crippen LogP) is 3.55. The monoisotopic (exact) mass is 428 g/mol. The van der Waals surface area contributed by atoms with Gasteiger partial charge in [0, 0.05) is 44.5 Å². The molecule has 4 nitrogen and oxygen atoms in total. The molecule has 1 aromatic rings. The highest BCUT2D eigenvalue weighted by molar-refractivity contribution is 14.0. The minimum atomic E-state index is 0. The van der Waals surface area contributed by atoms with E-state index in [1.165, 1.54) is 12.8 Å². The molecule has 0 radical (unpaired) electrons. The fourth-order valence-corrected chi connectivity index (χ4v) is 3.25. The first-order valence-electron chi connectivity index (χ1n) is 6.72. The summed E-state index contributed by atoms with van der Waals surface area (Å²) in [7, 11) is 3.93. The molecule has 0 fully saturated rings. The summed E-state index contributed by atoms with van der Waals surface area (Å²) >= 11 is 3.53. The van der Waals surface area contributed by atoms with E-state index >= 15 is 0 Å². The Balaban J connectivity index is 0.00000361. The fourth-order valence-electron chi connectivity index (χ4n) is 1.60. The molecule has 20 heavy (non-hydrogen) atoms. The van der Waals surface area contributed by atoms with E-state index in [2.05, 4.69) is 34.2 Å². The van der Waals surface area contributed by atoms with Crippen molar-refractivity contribution in [2.24, 2.45) is 4.99 Å². The Morgan fingerprint density at radius 2 is 2.30 bits per heavy atom. The maximum atomic E-state index is 4.30. The number of nitrogens with zero attached hydrogens (tertiary/aromatic N) is 3. The first-order valence-corrected chi connectivity index (χ1v) is 8.58. The van der Waals surface area contributed by atoms with Gasteiger partial charge in [-0.1, -0.05) is 25.1 Å². The topological polar surface area (TPSA) is 40.5 Å². The molecule has 0 spiro atoms. The quantitative estimate of drug-likeness (QED) is 0.226. The zero-order chi connectivity index (χ0) is 13.9. The lowest BCUT2D eigenvalue weighted by atomic mass is 10.3. The Hall–Kier alpha value is -0.0200. The Bertz CT molecular complexity index is 357. The van der Waals surface area contributed by atoms with Crippen molar-refractivity contribution in [3.63, 3.8) is 0 Å². The average Bonchev–Trinajstić information content (AvgIpc) is 2.93. The van der Waals surface area contributed by atoms with E-state index in [0.717, 1.165) is 35.6 Å². The number of nitrogens with one attached hydrogen (secondary N) is 1. The Labute approximate surface area is 147 Å². The van der Waals surface area contributed by atoms with Gasteiger partial charge in [0.15, 0.2) is 5.96 Å². The molecule has 0 bridgehead atoms. The highest BCUT2D eigenvalue weighted by Gasteiger charge is 2.04. The van der Waals surface area contributed by atoms with Crippen LogP contribution in [0.15, 0.2) is 20.9 Å². The number of aliphatic imine (C=N–C) groups is 1. The van der Waals surface area contributed by atoms with Crippen LogP contribution in [-0.2, 0) is 0 Å². The van der Waals surface area contributed by atoms with Gasteiger partial charge >= 0.3 is 0 Å². The number of halogens is 1. The summed E-state index contributed by atoms with van der Waals surface area (Å²) in [5.41, 5.74) is 0. The fraction of sp³-hybridized carbons (Fsp3) is 0.692. The molecule has 0 aliphatic carbocycles. The lowest BCUT2D eigenvalue weighted by molar-refractivity contribution is 0.465. The van der Waals surface area contributed by atoms with Crippen LogP contribution in [-0.4, -0.2) is 48.8 Å². The molecular formula is C13H25IN4S2. The summed E-state index contributed by atoms with van der Waals surface area (Å²) in [4.78, 5) is 10.8. The lowest BCUT2D eigenvalue weighted by Crippen LogP contribution is -2.39. The number of hydrogen-bond donors (Lipinski definition) is 1. The molecule has 1 rings (SSSR count). The van der Waals surface area contributed by atoms with Gasteiger partial charge < -0.3 is 10.2 Å². The van der Waals surface area contributed by atoms with Crippen LogP contribution in [0.3, 0.4) is 0 Å². The molecule has 0 saturated carbocycles. The molecule has 0 aliphatic rings. The first kappa shape index (κ1) is 20.0. The van der Waals surface area contributed by atoms with Gasteiger partial charge in [-0.2, -0.15) is 0 Å². The molecule has 0 saturated heterocycles. The first-order chi connectivity index (χ1) is 9.27. The number of aromatic nitrogens is 1. The molecule has 0 amide bonds. The molecule has 0 aliphatic heterocycles. The Morgan fingerprint density at radius 3 is 2.90 bits per heavy atom. The normalized spacial score (nSPS) is 11.1. The van der Waals surface area contributed by atoms with Gasteiger partial charge in [0.1, 0.15) is 4.34 Å². The van der Waals surface area contributed by atoms with Crippen molar-refractivity contribution < 1.29 is 0 Å². The minimum absolute atomic E-state index is 0. The summed E-state index contributed by atoms with van der Waals surface area (Å²) < 4.78 is 1.16. The maximum absolute atomic E-state index is 4.30. The number of thiazole rings is 1. The number of hydrogen-bond acceptors (Lipinski definition) is 4. The van der Waals surface area contributed by atoms with Crippen LogP contribution in [0.4, 0.5) is 0 Å². The van der Waals surface area contributed by atoms with E-state index in [0.29, 0.717) is 0 Å². The van der Waals surface area contributed by atoms with Crippen molar-refractivity contribution in [3.05, 3.63) is 11.6 Å². The van der Waals surface area contributed by atoms with E-state index < -0.39 is 0 Å². The molecule has 116 valence electrons. The third kappa shape index (κ3) is 8.31. The van der Waals surface area contributed by atoms with E-state index in [4.69, 9.17) is 0 Å². The Morgan fingerprint density at radius 1 is 1.50 bits per heavy atom. The van der Waals surface area contributed by atoms with Gasteiger partial charge in [0.05, 0.1) is 0 Å². The van der Waals surface area contributed by atoms with Gasteiger partial charge in [0.25, 0.3) is 0 Å². The van der Waals surface area contributed by atoms with Crippen LogP contribution in [0.1, 0.15) is 26.2 Å². The smallest absolute Gasteiger partial charge is 0.193 e. The van der Waals surface area contributed by atoms with Crippen molar-refractivity contribution >= 4 is 53.0 Å². The third-order valence-electron chi connectivity index (χ3n) is 2.66. The SMILES string of the molecule is CCCCN(C)C(=NC)NCCCSc1nccs1.I. The Kier molecular flexibility index (Phi) is 12.7. The molecule has 1 heterocycles. The van der Waals surface area contributed by atoms with Crippen LogP contribution >= 0.6 is 47.1 Å². The minimum Gasteiger partial charge on any atom is -0.356 e. The van der Waals surface area contributed by atoms with Crippen LogP contribution in [0.5, 0.6) is 0 Å². The largest absolute Gasteiger partial charge is 0.356 e. The van der Waals surface area contributed by atoms with Crippen molar-refractivity contribution in [2.45, 2.75) is 30.5 Å². The summed E-state index contributed by atoms with van der Waals surface area (Å²) in [6.45, 7) is 4.23. The van der Waals surface area contributed by atoms with Gasteiger partial charge in [0.2, 0.25) is 0 Å². The van der Waals surface area contributed by atoms with E-state index in [9.17, 15) is 0 Å². The molecule has 0 aromatic carbocycles. The number of rotatable bonds is 8. The number of unbranched alkanes of at least 4 members (excludes halogenated alkanes) is 1. The van der Waals surface area contributed by atoms with Gasteiger partial charge in [-0.3, -0.25) is 4.99 Å². The highest BCUT2D eigenvalue weighted by atomic mass is 127. The zero-order valence-corrected chi connectivity index (χ0v) is 16.4. The summed E-state index contributed by atoms with van der Waals surface area (Å²) in [5, 5.41) is 5.42. The van der Waals surface area contributed by atoms with Crippen molar-refractivity contribution in [2.75, 3.05) is 32.9 Å². The molecule has 0 unspecified atom stereocenters. The van der Waals surface area contributed by atoms with Gasteiger partial charge in [-0.15, -0.1) is 35.3 Å². The maximum Gasteiger partial charge on any atom is 0.193 e.